The van der Waals surface area contributed by atoms with Crippen molar-refractivity contribution < 1.29 is 14.7 Å². The molecule has 0 saturated carbocycles. The van der Waals surface area contributed by atoms with Crippen LogP contribution in [0.2, 0.25) is 0 Å². The summed E-state index contributed by atoms with van der Waals surface area (Å²) in [6.07, 6.45) is -0.511. The van der Waals surface area contributed by atoms with Crippen molar-refractivity contribution >= 4 is 12.4 Å². The molecule has 1 atom stereocenters. The van der Waals surface area contributed by atoms with Gasteiger partial charge in [0.1, 0.15) is 6.29 Å². The van der Waals surface area contributed by atoms with Gasteiger partial charge in [0, 0.05) is 7.05 Å². The van der Waals surface area contributed by atoms with E-state index >= 15 is 0 Å². The van der Waals surface area contributed by atoms with Crippen LogP contribution < -0.4 is 0 Å². The van der Waals surface area contributed by atoms with E-state index in [1.165, 1.54) is 14.0 Å². The van der Waals surface area contributed by atoms with E-state index in [4.69, 9.17) is 5.11 Å². The summed E-state index contributed by atoms with van der Waals surface area (Å²) in [5.74, 6) is 0. The maximum Gasteiger partial charge on any atom is 0.407 e. The molecule has 0 aromatic rings. The Labute approximate surface area is 53.1 Å². The van der Waals surface area contributed by atoms with Crippen LogP contribution in [0.3, 0.4) is 0 Å². The Bertz CT molecular complexity index is 123. The second-order valence-corrected chi connectivity index (χ2v) is 1.77. The largest absolute Gasteiger partial charge is 0.465 e. The fraction of sp³-hybridized carbons (Fsp3) is 0.600. The molecule has 52 valence electrons. The maximum atomic E-state index is 10.1. The highest BCUT2D eigenvalue weighted by atomic mass is 16.4. The Kier molecular flexibility index (Phi) is 2.70. The van der Waals surface area contributed by atoms with Gasteiger partial charge in [-0.3, -0.25) is 0 Å². The highest BCUT2D eigenvalue weighted by Gasteiger charge is 2.11. The van der Waals surface area contributed by atoms with E-state index in [9.17, 15) is 9.59 Å². The van der Waals surface area contributed by atoms with Crippen molar-refractivity contribution in [3.63, 3.8) is 0 Å². The number of nitrogens with zero attached hydrogens (tertiary/aromatic N) is 1. The lowest BCUT2D eigenvalue weighted by atomic mass is 10.3. The summed E-state index contributed by atoms with van der Waals surface area (Å²) in [6, 6.07) is -0.553. The van der Waals surface area contributed by atoms with Gasteiger partial charge in [-0.15, -0.1) is 0 Å². The fourth-order valence-corrected chi connectivity index (χ4v) is 0.265. The smallest absolute Gasteiger partial charge is 0.407 e. The predicted molar refractivity (Wildman–Crippen MR) is 31.3 cm³/mol. The molecule has 0 aliphatic rings. The van der Waals surface area contributed by atoms with Crippen LogP contribution in [0.15, 0.2) is 0 Å². The number of carboxylic acid groups (broad SMARTS) is 1. The van der Waals surface area contributed by atoms with E-state index in [0.29, 0.717) is 6.29 Å². The fourth-order valence-electron chi connectivity index (χ4n) is 0.265. The van der Waals surface area contributed by atoms with Gasteiger partial charge in [0.05, 0.1) is 6.04 Å². The third-order valence-electron chi connectivity index (χ3n) is 1.11. The molecule has 1 unspecified atom stereocenters. The molecule has 0 spiro atoms. The zero-order valence-electron chi connectivity index (χ0n) is 5.37. The van der Waals surface area contributed by atoms with Crippen LogP contribution in [0.1, 0.15) is 6.92 Å². The monoisotopic (exact) mass is 131 g/mol. The van der Waals surface area contributed by atoms with E-state index in [1.807, 2.05) is 0 Å². The molecule has 9 heavy (non-hydrogen) atoms. The van der Waals surface area contributed by atoms with E-state index in [2.05, 4.69) is 0 Å². The molecular formula is C5H9NO3. The van der Waals surface area contributed by atoms with Gasteiger partial charge in [0.2, 0.25) is 0 Å². The van der Waals surface area contributed by atoms with Gasteiger partial charge in [-0.25, -0.2) is 4.79 Å². The summed E-state index contributed by atoms with van der Waals surface area (Å²) in [5.41, 5.74) is 0. The average Bonchev–Trinajstić information content (AvgIpc) is 1.84. The standard InChI is InChI=1S/C5H9NO3/c1-4(3-7)6(2)5(8)9/h3-4H,1-2H3,(H,8,9). The average molecular weight is 131 g/mol. The highest BCUT2D eigenvalue weighted by molar-refractivity contribution is 5.70. The third kappa shape index (κ3) is 2.12. The predicted octanol–water partition coefficient (Wildman–Crippen LogP) is 0.184. The topological polar surface area (TPSA) is 57.6 Å². The lowest BCUT2D eigenvalue weighted by molar-refractivity contribution is -0.111. The van der Waals surface area contributed by atoms with Crippen molar-refractivity contribution in [3.8, 4) is 0 Å². The minimum Gasteiger partial charge on any atom is -0.465 e. The zero-order chi connectivity index (χ0) is 7.44. The molecule has 0 fully saturated rings. The summed E-state index contributed by atoms with van der Waals surface area (Å²) in [5, 5.41) is 8.25. The van der Waals surface area contributed by atoms with E-state index < -0.39 is 12.1 Å². The molecule has 1 N–H and O–H groups in total. The Morgan fingerprint density at radius 1 is 1.78 bits per heavy atom. The molecule has 0 aromatic carbocycles. The van der Waals surface area contributed by atoms with Crippen LogP contribution in [-0.4, -0.2) is 35.5 Å². The van der Waals surface area contributed by atoms with Crippen LogP contribution >= 0.6 is 0 Å². The number of rotatable bonds is 2. The van der Waals surface area contributed by atoms with Crippen LogP contribution in [-0.2, 0) is 4.79 Å². The van der Waals surface area contributed by atoms with Crippen LogP contribution in [0.5, 0.6) is 0 Å². The minimum absolute atomic E-state index is 0.553. The molecule has 4 nitrogen and oxygen atoms in total. The van der Waals surface area contributed by atoms with E-state index in [1.54, 1.807) is 0 Å². The van der Waals surface area contributed by atoms with Crippen molar-refractivity contribution in [2.45, 2.75) is 13.0 Å². The molecular weight excluding hydrogens is 122 g/mol. The SMILES string of the molecule is CC(C=O)N(C)C(=O)O. The Morgan fingerprint density at radius 3 is 2.33 bits per heavy atom. The molecule has 0 saturated heterocycles. The summed E-state index contributed by atoms with van der Waals surface area (Å²) < 4.78 is 0. The van der Waals surface area contributed by atoms with Gasteiger partial charge in [-0.2, -0.15) is 0 Å². The number of amides is 1. The molecule has 4 heteroatoms. The summed E-state index contributed by atoms with van der Waals surface area (Å²) >= 11 is 0. The lowest BCUT2D eigenvalue weighted by Crippen LogP contribution is -2.34. The number of likely N-dealkylation sites (N-methyl/N-ethyl adjacent to an activating group) is 1. The van der Waals surface area contributed by atoms with Gasteiger partial charge in [0.15, 0.2) is 0 Å². The first-order valence-electron chi connectivity index (χ1n) is 2.50. The van der Waals surface area contributed by atoms with E-state index in [-0.39, 0.29) is 0 Å². The van der Waals surface area contributed by atoms with Crippen LogP contribution in [0, 0.1) is 0 Å². The van der Waals surface area contributed by atoms with Gasteiger partial charge < -0.3 is 14.8 Å². The number of hydrogen-bond donors (Lipinski definition) is 1. The first-order valence-corrected chi connectivity index (χ1v) is 2.50. The van der Waals surface area contributed by atoms with Gasteiger partial charge in [-0.05, 0) is 6.92 Å². The van der Waals surface area contributed by atoms with E-state index in [0.717, 1.165) is 4.90 Å². The van der Waals surface area contributed by atoms with Crippen molar-refractivity contribution in [3.05, 3.63) is 0 Å². The number of aldehydes is 1. The van der Waals surface area contributed by atoms with Crippen molar-refractivity contribution in [2.75, 3.05) is 7.05 Å². The normalized spacial score (nSPS) is 12.2. The number of carbonyl (C=O) groups is 2. The first-order chi connectivity index (χ1) is 4.09. The third-order valence-corrected chi connectivity index (χ3v) is 1.11. The molecule has 0 radical (unpaired) electrons. The summed E-state index contributed by atoms with van der Waals surface area (Å²) in [7, 11) is 1.35. The molecule has 0 bridgehead atoms. The number of hydrogen-bond acceptors (Lipinski definition) is 2. The molecule has 0 aliphatic heterocycles. The van der Waals surface area contributed by atoms with Crippen LogP contribution in [0.25, 0.3) is 0 Å². The van der Waals surface area contributed by atoms with Gasteiger partial charge in [-0.1, -0.05) is 0 Å². The van der Waals surface area contributed by atoms with Crippen LogP contribution in [0.4, 0.5) is 4.79 Å². The minimum atomic E-state index is -1.09. The quantitative estimate of drug-likeness (QED) is 0.544. The lowest BCUT2D eigenvalue weighted by Gasteiger charge is -2.14. The van der Waals surface area contributed by atoms with Gasteiger partial charge in [0.25, 0.3) is 0 Å². The molecule has 0 heterocycles. The Hall–Kier alpha value is -1.06. The highest BCUT2D eigenvalue weighted by Crippen LogP contribution is 1.90. The molecule has 0 rings (SSSR count). The summed E-state index contributed by atoms with van der Waals surface area (Å²) in [6.45, 7) is 1.52. The molecule has 0 aliphatic carbocycles. The Morgan fingerprint density at radius 2 is 2.22 bits per heavy atom. The first kappa shape index (κ1) is 7.94. The number of carbonyl (C=O) groups excluding carboxylic acids is 1. The van der Waals surface area contributed by atoms with Gasteiger partial charge >= 0.3 is 6.09 Å². The van der Waals surface area contributed by atoms with Crippen molar-refractivity contribution in [2.24, 2.45) is 0 Å². The second kappa shape index (κ2) is 3.06. The zero-order valence-corrected chi connectivity index (χ0v) is 5.37. The Balaban J connectivity index is 3.86. The maximum absolute atomic E-state index is 10.1. The second-order valence-electron chi connectivity index (χ2n) is 1.77. The van der Waals surface area contributed by atoms with Crippen molar-refractivity contribution in [1.29, 1.82) is 0 Å². The molecule has 1 amide bonds. The van der Waals surface area contributed by atoms with Crippen molar-refractivity contribution in [1.82, 2.24) is 4.90 Å². The summed E-state index contributed by atoms with van der Waals surface area (Å²) in [4.78, 5) is 20.9. The molecule has 0 aromatic heterocycles.